The molecule has 1 aromatic carbocycles. The lowest BCUT2D eigenvalue weighted by atomic mass is 9.73. The fourth-order valence-electron chi connectivity index (χ4n) is 3.69. The van der Waals surface area contributed by atoms with E-state index in [1.54, 1.807) is 6.07 Å². The van der Waals surface area contributed by atoms with Crippen molar-refractivity contribution in [3.05, 3.63) is 35.4 Å². The molecule has 1 saturated carbocycles. The molecular formula is C17H26F2N2. The Kier molecular flexibility index (Phi) is 5.33. The Bertz CT molecular complexity index is 468. The van der Waals surface area contributed by atoms with Crippen LogP contribution in [0.15, 0.2) is 18.2 Å². The number of rotatable bonds is 5. The predicted octanol–water partition coefficient (Wildman–Crippen LogP) is 3.88. The number of nitrogens with one attached hydrogen (secondary N) is 1. The van der Waals surface area contributed by atoms with Crippen LogP contribution < -0.4 is 5.32 Å². The van der Waals surface area contributed by atoms with Crippen molar-refractivity contribution in [1.82, 2.24) is 10.2 Å². The fourth-order valence-corrected chi connectivity index (χ4v) is 3.69. The smallest absolute Gasteiger partial charge is 0.130 e. The van der Waals surface area contributed by atoms with E-state index in [4.69, 9.17) is 0 Å². The van der Waals surface area contributed by atoms with E-state index in [0.29, 0.717) is 5.56 Å². The first-order valence-electron chi connectivity index (χ1n) is 7.87. The summed E-state index contributed by atoms with van der Waals surface area (Å²) in [6, 6.07) is 3.83. The van der Waals surface area contributed by atoms with E-state index in [0.717, 1.165) is 38.3 Å². The summed E-state index contributed by atoms with van der Waals surface area (Å²) in [6.07, 6.45) is 5.62. The second-order valence-electron chi connectivity index (χ2n) is 6.22. The zero-order valence-corrected chi connectivity index (χ0v) is 13.3. The second-order valence-corrected chi connectivity index (χ2v) is 6.22. The van der Waals surface area contributed by atoms with Crippen molar-refractivity contribution in [3.8, 4) is 0 Å². The van der Waals surface area contributed by atoms with Crippen LogP contribution in [-0.2, 0) is 0 Å². The first-order chi connectivity index (χ1) is 10.0. The van der Waals surface area contributed by atoms with Gasteiger partial charge in [0.1, 0.15) is 11.6 Å². The molecule has 2 nitrogen and oxygen atoms in total. The summed E-state index contributed by atoms with van der Waals surface area (Å²) in [5.74, 6) is -0.971. The molecule has 1 atom stereocenters. The molecule has 1 aromatic rings. The third-order valence-corrected chi connectivity index (χ3v) is 4.83. The highest BCUT2D eigenvalue weighted by molar-refractivity contribution is 5.26. The van der Waals surface area contributed by atoms with Crippen molar-refractivity contribution >= 4 is 0 Å². The lowest BCUT2D eigenvalue weighted by molar-refractivity contribution is 0.0556. The second kappa shape index (κ2) is 6.84. The molecule has 0 saturated heterocycles. The lowest BCUT2D eigenvalue weighted by Crippen LogP contribution is -2.55. The van der Waals surface area contributed by atoms with Crippen LogP contribution in [0.25, 0.3) is 0 Å². The van der Waals surface area contributed by atoms with E-state index in [1.165, 1.54) is 12.5 Å². The van der Waals surface area contributed by atoms with Crippen LogP contribution in [0.3, 0.4) is 0 Å². The van der Waals surface area contributed by atoms with E-state index in [1.807, 2.05) is 6.92 Å². The Labute approximate surface area is 126 Å². The highest BCUT2D eigenvalue weighted by Gasteiger charge is 2.43. The molecule has 1 aliphatic carbocycles. The van der Waals surface area contributed by atoms with Crippen molar-refractivity contribution in [1.29, 1.82) is 0 Å². The monoisotopic (exact) mass is 296 g/mol. The maximum Gasteiger partial charge on any atom is 0.130 e. The molecule has 1 N–H and O–H groups in total. The Balaban J connectivity index is 2.44. The minimum Gasteiger partial charge on any atom is -0.309 e. The summed E-state index contributed by atoms with van der Waals surface area (Å²) in [5.41, 5.74) is 0.473. The van der Waals surface area contributed by atoms with Gasteiger partial charge in [-0.3, -0.25) is 0 Å². The lowest BCUT2D eigenvalue weighted by Gasteiger charge is -2.49. The number of hydrogen-bond donors (Lipinski definition) is 1. The first kappa shape index (κ1) is 16.4. The zero-order chi connectivity index (χ0) is 15.5. The van der Waals surface area contributed by atoms with Gasteiger partial charge in [-0.15, -0.1) is 0 Å². The molecule has 0 spiro atoms. The molecule has 1 aliphatic rings. The molecule has 2 rings (SSSR count). The molecule has 0 heterocycles. The van der Waals surface area contributed by atoms with Gasteiger partial charge in [0.15, 0.2) is 0 Å². The molecule has 1 unspecified atom stereocenters. The van der Waals surface area contributed by atoms with Gasteiger partial charge in [-0.05, 0) is 39.5 Å². The maximum absolute atomic E-state index is 14.3. The average molecular weight is 296 g/mol. The van der Waals surface area contributed by atoms with Gasteiger partial charge >= 0.3 is 0 Å². The van der Waals surface area contributed by atoms with Crippen molar-refractivity contribution < 1.29 is 8.78 Å². The van der Waals surface area contributed by atoms with E-state index in [9.17, 15) is 8.78 Å². The van der Waals surface area contributed by atoms with Crippen molar-refractivity contribution in [3.63, 3.8) is 0 Å². The van der Waals surface area contributed by atoms with Crippen molar-refractivity contribution in [2.75, 3.05) is 20.6 Å². The number of nitrogens with zero attached hydrogens (tertiary/aromatic N) is 1. The average Bonchev–Trinajstić information content (AvgIpc) is 2.46. The molecule has 4 heteroatoms. The Hall–Kier alpha value is -1.00. The number of benzene rings is 1. The Morgan fingerprint density at radius 3 is 2.38 bits per heavy atom. The van der Waals surface area contributed by atoms with Crippen LogP contribution in [0.1, 0.15) is 50.6 Å². The van der Waals surface area contributed by atoms with Crippen LogP contribution >= 0.6 is 0 Å². The molecular weight excluding hydrogens is 270 g/mol. The van der Waals surface area contributed by atoms with Gasteiger partial charge in [0, 0.05) is 17.2 Å². The quantitative estimate of drug-likeness (QED) is 0.887. The summed E-state index contributed by atoms with van der Waals surface area (Å²) in [7, 11) is 4.13. The van der Waals surface area contributed by atoms with Crippen LogP contribution in [-0.4, -0.2) is 31.1 Å². The van der Waals surface area contributed by atoms with Gasteiger partial charge in [-0.1, -0.05) is 32.3 Å². The highest BCUT2D eigenvalue weighted by Crippen LogP contribution is 2.42. The largest absolute Gasteiger partial charge is 0.309 e. The molecule has 0 radical (unpaired) electrons. The number of likely N-dealkylation sites (N-methyl/N-ethyl adjacent to an activating group) is 2. The van der Waals surface area contributed by atoms with Crippen molar-refractivity contribution in [2.45, 2.75) is 50.6 Å². The summed E-state index contributed by atoms with van der Waals surface area (Å²) in [5, 5.41) is 3.45. The molecule has 21 heavy (non-hydrogen) atoms. The zero-order valence-electron chi connectivity index (χ0n) is 13.3. The number of hydrogen-bond acceptors (Lipinski definition) is 2. The third-order valence-electron chi connectivity index (χ3n) is 4.83. The maximum atomic E-state index is 14.3. The summed E-state index contributed by atoms with van der Waals surface area (Å²) < 4.78 is 27.5. The van der Waals surface area contributed by atoms with Gasteiger partial charge in [0.2, 0.25) is 0 Å². The topological polar surface area (TPSA) is 15.3 Å². The van der Waals surface area contributed by atoms with E-state index >= 15 is 0 Å². The summed E-state index contributed by atoms with van der Waals surface area (Å²) in [6.45, 7) is 2.79. The third kappa shape index (κ3) is 3.27. The van der Waals surface area contributed by atoms with Gasteiger partial charge in [0.05, 0.1) is 6.04 Å². The Morgan fingerprint density at radius 2 is 1.86 bits per heavy atom. The first-order valence-corrected chi connectivity index (χ1v) is 7.87. The number of halogens is 2. The highest BCUT2D eigenvalue weighted by atomic mass is 19.1. The molecule has 0 bridgehead atoms. The van der Waals surface area contributed by atoms with Crippen molar-refractivity contribution in [2.24, 2.45) is 0 Å². The predicted molar refractivity (Wildman–Crippen MR) is 82.3 cm³/mol. The molecule has 0 amide bonds. The van der Waals surface area contributed by atoms with Gasteiger partial charge in [0.25, 0.3) is 0 Å². The van der Waals surface area contributed by atoms with Gasteiger partial charge in [-0.2, -0.15) is 0 Å². The van der Waals surface area contributed by atoms with E-state index in [-0.39, 0.29) is 11.6 Å². The van der Waals surface area contributed by atoms with Crippen LogP contribution in [0.4, 0.5) is 8.78 Å². The van der Waals surface area contributed by atoms with Crippen LogP contribution in [0, 0.1) is 11.6 Å². The van der Waals surface area contributed by atoms with E-state index < -0.39 is 11.6 Å². The van der Waals surface area contributed by atoms with Crippen LogP contribution in [0.2, 0.25) is 0 Å². The SMILES string of the molecule is CCNC(c1ccc(F)cc1F)C1(N(C)C)CCCCC1. The standard InChI is InChI=1S/C17H26F2N2/c1-4-20-16(14-9-8-13(18)12-15(14)19)17(21(2)3)10-6-5-7-11-17/h8-9,12,16,20H,4-7,10-11H2,1-3H3. The minimum absolute atomic E-state index is 0.104. The van der Waals surface area contributed by atoms with E-state index in [2.05, 4.69) is 24.3 Å². The Morgan fingerprint density at radius 1 is 1.19 bits per heavy atom. The molecule has 118 valence electrons. The van der Waals surface area contributed by atoms with Gasteiger partial charge < -0.3 is 10.2 Å². The minimum atomic E-state index is -0.519. The molecule has 0 aliphatic heterocycles. The summed E-state index contributed by atoms with van der Waals surface area (Å²) >= 11 is 0. The molecule has 0 aromatic heterocycles. The summed E-state index contributed by atoms with van der Waals surface area (Å²) in [4.78, 5) is 2.22. The normalized spacial score (nSPS) is 19.7. The fraction of sp³-hybridized carbons (Fsp3) is 0.647. The molecule has 1 fully saturated rings. The van der Waals surface area contributed by atoms with Crippen LogP contribution in [0.5, 0.6) is 0 Å². The van der Waals surface area contributed by atoms with Gasteiger partial charge in [-0.25, -0.2) is 8.78 Å².